The van der Waals surface area contributed by atoms with Gasteiger partial charge in [0.1, 0.15) is 45.9 Å². The third kappa shape index (κ3) is 17.3. The number of aryl methyl sites for hydroxylation is 2. The minimum absolute atomic E-state index is 0.0759. The van der Waals surface area contributed by atoms with Crippen LogP contribution in [0, 0.1) is 19.8 Å². The lowest BCUT2D eigenvalue weighted by atomic mass is 9.97. The van der Waals surface area contributed by atoms with Crippen LogP contribution in [0.1, 0.15) is 50.5 Å². The summed E-state index contributed by atoms with van der Waals surface area (Å²) in [6.45, 7) is 10.3. The van der Waals surface area contributed by atoms with Crippen LogP contribution in [-0.2, 0) is 32.1 Å². The normalized spacial score (nSPS) is 13.5. The van der Waals surface area contributed by atoms with E-state index in [0.29, 0.717) is 131 Å². The van der Waals surface area contributed by atoms with Gasteiger partial charge in [0.15, 0.2) is 5.13 Å². The first-order chi connectivity index (χ1) is 35.2. The van der Waals surface area contributed by atoms with Gasteiger partial charge in [-0.2, -0.15) is 0 Å². The molecule has 1 atom stereocenters. The lowest BCUT2D eigenvalue weighted by molar-refractivity contribution is -0.306. The van der Waals surface area contributed by atoms with Crippen molar-refractivity contribution in [3.05, 3.63) is 129 Å². The second kappa shape index (κ2) is 26.6. The number of nitrogens with one attached hydrogen (secondary N) is 6. The van der Waals surface area contributed by atoms with E-state index in [1.54, 1.807) is 54.9 Å². The van der Waals surface area contributed by atoms with E-state index in [9.17, 15) is 22.8 Å². The van der Waals surface area contributed by atoms with Crippen LogP contribution in [0.4, 0.5) is 41.4 Å². The molecular weight excluding hydrogens is 993 g/mol. The highest BCUT2D eigenvalue weighted by Crippen LogP contribution is 2.32. The summed E-state index contributed by atoms with van der Waals surface area (Å²) < 4.78 is 60.8. The first kappa shape index (κ1) is 53.7. The Hall–Kier alpha value is -7.09. The van der Waals surface area contributed by atoms with Crippen molar-refractivity contribution in [1.29, 1.82) is 0 Å². The number of carbonyl (C=O) groups is 2. The summed E-state index contributed by atoms with van der Waals surface area (Å²) in [5.74, 6) is 1.18. The van der Waals surface area contributed by atoms with Gasteiger partial charge in [0.25, 0.3) is 11.8 Å². The van der Waals surface area contributed by atoms with Gasteiger partial charge in [0, 0.05) is 67.5 Å². The molecule has 0 radical (unpaired) electrons. The van der Waals surface area contributed by atoms with Crippen molar-refractivity contribution in [3.8, 4) is 11.3 Å². The Morgan fingerprint density at radius 3 is 2.48 bits per heavy atom. The zero-order chi connectivity index (χ0) is 51.6. The van der Waals surface area contributed by atoms with Gasteiger partial charge < -0.3 is 50.8 Å². The number of nitrogens with zero attached hydrogens (tertiary/aromatic N) is 8. The van der Waals surface area contributed by atoms with E-state index >= 15 is 0 Å². The molecule has 73 heavy (non-hydrogen) atoms. The van der Waals surface area contributed by atoms with Gasteiger partial charge in [-0.15, -0.1) is 18.3 Å². The summed E-state index contributed by atoms with van der Waals surface area (Å²) in [4.78, 5) is 48.0. The molecule has 0 saturated heterocycles. The van der Waals surface area contributed by atoms with E-state index in [1.807, 2.05) is 31.3 Å². The Morgan fingerprint density at radius 2 is 1.66 bits per heavy atom. The number of alkyl halides is 3. The van der Waals surface area contributed by atoms with E-state index in [-0.39, 0.29) is 43.1 Å². The largest absolute Gasteiger partial charge is 0.572 e. The highest BCUT2D eigenvalue weighted by Gasteiger charge is 2.33. The smallest absolute Gasteiger partial charge is 0.410 e. The number of carbonyl (C=O) groups excluding carboxylic acids is 2. The van der Waals surface area contributed by atoms with E-state index in [4.69, 9.17) is 25.8 Å². The Kier molecular flexibility index (Phi) is 19.5. The highest BCUT2D eigenvalue weighted by atomic mass is 35.5. The second-order valence-electron chi connectivity index (χ2n) is 16.3. The van der Waals surface area contributed by atoms with Crippen molar-refractivity contribution in [2.45, 2.75) is 46.7 Å². The van der Waals surface area contributed by atoms with Gasteiger partial charge in [0.2, 0.25) is 0 Å². The molecule has 2 amide bonds. The molecule has 0 fully saturated rings. The van der Waals surface area contributed by atoms with Crippen molar-refractivity contribution < 1.29 is 41.7 Å². The quantitative estimate of drug-likeness (QED) is 0.0271. The van der Waals surface area contributed by atoms with Crippen LogP contribution in [-0.4, -0.2) is 117 Å². The lowest BCUT2D eigenvalue weighted by Gasteiger charge is -2.23. The summed E-state index contributed by atoms with van der Waals surface area (Å²) in [5, 5.41) is 27.9. The molecule has 0 aliphatic heterocycles. The first-order valence-corrected chi connectivity index (χ1v) is 24.3. The molecular formula is C48H54ClF3N14O6S. The van der Waals surface area contributed by atoms with Gasteiger partial charge in [-0.25, -0.2) is 29.6 Å². The minimum atomic E-state index is -4.74. The second-order valence-corrected chi connectivity index (χ2v) is 17.7. The Bertz CT molecular complexity index is 2850. The Labute approximate surface area is 427 Å². The highest BCUT2D eigenvalue weighted by molar-refractivity contribution is 7.17. The maximum atomic E-state index is 12.9. The van der Waals surface area contributed by atoms with Gasteiger partial charge in [-0.05, 0) is 49.8 Å². The van der Waals surface area contributed by atoms with Gasteiger partial charge >= 0.3 is 6.36 Å². The number of thiazole rings is 1. The molecule has 20 nitrogen and oxygen atoms in total. The fourth-order valence-electron chi connectivity index (χ4n) is 7.06. The molecule has 0 bridgehead atoms. The minimum Gasteiger partial charge on any atom is -0.410 e. The van der Waals surface area contributed by atoms with Crippen LogP contribution >= 0.6 is 22.9 Å². The number of amides is 2. The van der Waals surface area contributed by atoms with Crippen molar-refractivity contribution in [2.24, 2.45) is 5.92 Å². The average Bonchev–Trinajstić information content (AvgIpc) is 4.03. The SMILES string of the molecule is Cc1nc(NCCNCCOCc2cn(CCOCCOCCNC(=O)c3cccc(-c4cc(NC5=CC=C(OC(F)(F)F)CC5C)ncn4)c3)nn2)cc(Nc2ncc(C(=O)Nc3c(C)cccc3Cl)s2)n1. The van der Waals surface area contributed by atoms with Crippen molar-refractivity contribution in [1.82, 2.24) is 50.5 Å². The number of hydrogen-bond donors (Lipinski definition) is 6. The summed E-state index contributed by atoms with van der Waals surface area (Å²) in [6, 6.07) is 15.9. The van der Waals surface area contributed by atoms with E-state index in [2.05, 4.69) is 71.9 Å². The molecule has 1 unspecified atom stereocenters. The lowest BCUT2D eigenvalue weighted by Crippen LogP contribution is -2.27. The number of benzene rings is 2. The fraction of sp³-hybridized carbons (Fsp3) is 0.354. The van der Waals surface area contributed by atoms with Crippen LogP contribution in [0.25, 0.3) is 11.3 Å². The van der Waals surface area contributed by atoms with Crippen molar-refractivity contribution in [3.63, 3.8) is 0 Å². The molecule has 4 heterocycles. The van der Waals surface area contributed by atoms with E-state index < -0.39 is 6.36 Å². The maximum absolute atomic E-state index is 12.9. The van der Waals surface area contributed by atoms with E-state index in [0.717, 1.165) is 5.56 Å². The number of ether oxygens (including phenoxy) is 4. The third-order valence-electron chi connectivity index (χ3n) is 10.6. The number of anilines is 5. The molecule has 2 aromatic carbocycles. The van der Waals surface area contributed by atoms with Crippen molar-refractivity contribution >= 4 is 63.0 Å². The third-order valence-corrected chi connectivity index (χ3v) is 11.8. The molecule has 386 valence electrons. The predicted octanol–water partition coefficient (Wildman–Crippen LogP) is 7.69. The number of rotatable bonds is 27. The predicted molar refractivity (Wildman–Crippen MR) is 269 cm³/mol. The summed E-state index contributed by atoms with van der Waals surface area (Å²) in [5.41, 5.74) is 4.47. The molecule has 0 saturated carbocycles. The molecule has 4 aromatic heterocycles. The fourth-order valence-corrected chi connectivity index (χ4v) is 8.05. The molecule has 1 aliphatic carbocycles. The summed E-state index contributed by atoms with van der Waals surface area (Å²) in [7, 11) is 0. The topological polar surface area (TPSA) is 238 Å². The molecule has 0 spiro atoms. The summed E-state index contributed by atoms with van der Waals surface area (Å²) in [6.07, 6.45) is 2.84. The molecule has 1 aliphatic rings. The Balaban J connectivity index is 0.701. The monoisotopic (exact) mass is 1050 g/mol. The molecule has 25 heteroatoms. The van der Waals surface area contributed by atoms with E-state index in [1.165, 1.54) is 36.0 Å². The van der Waals surface area contributed by atoms with Crippen LogP contribution < -0.4 is 31.9 Å². The molecule has 6 aromatic rings. The first-order valence-electron chi connectivity index (χ1n) is 23.1. The molecule has 7 rings (SSSR count). The number of allylic oxidation sites excluding steroid dienone is 4. The number of aromatic nitrogens is 8. The molecule has 6 N–H and O–H groups in total. The summed E-state index contributed by atoms with van der Waals surface area (Å²) >= 11 is 7.47. The number of para-hydroxylation sites is 1. The zero-order valence-corrected chi connectivity index (χ0v) is 41.7. The van der Waals surface area contributed by atoms with Crippen LogP contribution in [0.5, 0.6) is 0 Å². The van der Waals surface area contributed by atoms with Crippen molar-refractivity contribution in [2.75, 3.05) is 80.5 Å². The van der Waals surface area contributed by atoms with Gasteiger partial charge in [-0.1, -0.05) is 59.3 Å². The standard InChI is InChI=1S/C48H54ClF3N14O6S/c1-30-6-4-9-37(49)44(30)63-46(68)40-26-56-47(73-40)62-43-25-42(59-32(3)60-43)54-13-12-53-14-17-71-28-35-27-66(65-64-35)16-19-70-21-20-69-18-15-55-45(67)34-8-5-7-33(23-34)39-24-41(58-29-57-39)61-38-11-10-36(22-31(38)2)72-48(50,51)52/h4-11,23-27,29,31,53H,12-22,28H2,1-3H3,(H,55,67)(H,63,68)(H,57,58,61)(H2,54,56,59,60,62). The zero-order valence-electron chi connectivity index (χ0n) is 40.1. The van der Waals surface area contributed by atoms with Gasteiger partial charge in [-0.3, -0.25) is 9.59 Å². The van der Waals surface area contributed by atoms with Crippen LogP contribution in [0.2, 0.25) is 5.02 Å². The number of hydrogen-bond acceptors (Lipinski definition) is 18. The maximum Gasteiger partial charge on any atom is 0.572 e. The van der Waals surface area contributed by atoms with Gasteiger partial charge in [0.05, 0.1) is 75.0 Å². The number of halogens is 4. The Morgan fingerprint density at radius 1 is 0.849 bits per heavy atom. The average molecular weight is 1050 g/mol. The van der Waals surface area contributed by atoms with Crippen LogP contribution in [0.3, 0.4) is 0 Å². The van der Waals surface area contributed by atoms with Crippen LogP contribution in [0.15, 0.2) is 96.9 Å².